The Balaban J connectivity index is 0.000000525. The first-order valence-electron chi connectivity index (χ1n) is 26.7. The van der Waals surface area contributed by atoms with Crippen LogP contribution in [0.25, 0.3) is 0 Å². The number of hydrogen-bond acceptors (Lipinski definition) is 12. The minimum atomic E-state index is -1.05. The highest BCUT2D eigenvalue weighted by Gasteiger charge is 2.15. The van der Waals surface area contributed by atoms with Crippen molar-refractivity contribution in [2.24, 2.45) is 0 Å². The molecular weight excluding hydrogens is 1090 g/mol. The number of aryl methyl sites for hydroxylation is 6. The molecule has 5 aromatic carbocycles. The summed E-state index contributed by atoms with van der Waals surface area (Å²) in [5, 5.41) is 55.8. The summed E-state index contributed by atoms with van der Waals surface area (Å²) in [4.78, 5) is 120. The van der Waals surface area contributed by atoms with Gasteiger partial charge in [-0.3, -0.25) is 47.9 Å². The van der Waals surface area contributed by atoms with Gasteiger partial charge >= 0.3 is 35.8 Å². The van der Waals surface area contributed by atoms with E-state index in [2.05, 4.69) is 31.3 Å². The van der Waals surface area contributed by atoms with Crippen LogP contribution in [-0.4, -0.2) is 98.0 Å². The Hall–Kier alpha value is -9.73. The lowest BCUT2D eigenvalue weighted by atomic mass is 10.1. The van der Waals surface area contributed by atoms with E-state index in [1.807, 2.05) is 127 Å². The predicted octanol–water partition coefficient (Wildman–Crippen LogP) is 10.4. The fourth-order valence-electron chi connectivity index (χ4n) is 6.98. The molecule has 0 aliphatic rings. The highest BCUT2D eigenvalue weighted by atomic mass is 16.5. The van der Waals surface area contributed by atoms with Gasteiger partial charge in [-0.15, -0.1) is 0 Å². The number of carboxylic acids is 5. The molecule has 0 aromatic heterocycles. The third kappa shape index (κ3) is 31.9. The van der Waals surface area contributed by atoms with Gasteiger partial charge in [0.05, 0.1) is 37.6 Å². The molecule has 0 bridgehead atoms. The molecule has 0 radical (unpaired) electrons. The van der Waals surface area contributed by atoms with Gasteiger partial charge in [0.2, 0.25) is 29.5 Å². The lowest BCUT2D eigenvalue weighted by Crippen LogP contribution is -2.16. The number of aliphatic carboxylic acids is 5. The van der Waals surface area contributed by atoms with Gasteiger partial charge in [0.1, 0.15) is 0 Å². The van der Waals surface area contributed by atoms with Crippen molar-refractivity contribution in [1.82, 2.24) is 0 Å². The van der Waals surface area contributed by atoms with Crippen LogP contribution >= 0.6 is 0 Å². The van der Waals surface area contributed by atoms with Crippen LogP contribution in [0.5, 0.6) is 0 Å². The highest BCUT2D eigenvalue weighted by Crippen LogP contribution is 2.21. The van der Waals surface area contributed by atoms with E-state index in [9.17, 15) is 52.7 Å². The summed E-state index contributed by atoms with van der Waals surface area (Å²) in [5.74, 6) is -6.55. The number of benzene rings is 5. The summed E-state index contributed by atoms with van der Waals surface area (Å²) in [6.07, 6.45) is 1.41. The van der Waals surface area contributed by atoms with Gasteiger partial charge in [-0.05, 0) is 136 Å². The fourth-order valence-corrected chi connectivity index (χ4v) is 6.98. The number of anilines is 5. The van der Waals surface area contributed by atoms with Crippen LogP contribution in [-0.2, 0) is 59.1 Å². The minimum absolute atomic E-state index is 0.00269. The van der Waals surface area contributed by atoms with Gasteiger partial charge in [-0.25, -0.2) is 4.79 Å². The van der Waals surface area contributed by atoms with E-state index in [0.717, 1.165) is 68.1 Å². The first-order chi connectivity index (χ1) is 39.6. The number of methoxy groups -OCH3 is 1. The second-order valence-corrected chi connectivity index (χ2v) is 18.8. The van der Waals surface area contributed by atoms with E-state index >= 15 is 0 Å². The third-order valence-electron chi connectivity index (χ3n) is 11.8. The molecule has 0 saturated heterocycles. The van der Waals surface area contributed by atoms with Crippen molar-refractivity contribution in [3.8, 4) is 0 Å². The number of nitrogens with one attached hydrogen (secondary N) is 5. The van der Waals surface area contributed by atoms with E-state index in [-0.39, 0.29) is 93.4 Å². The molecule has 0 unspecified atom stereocenters. The third-order valence-corrected chi connectivity index (χ3v) is 11.8. The summed E-state index contributed by atoms with van der Waals surface area (Å²) in [6.45, 7) is 13.6. The Morgan fingerprint density at radius 2 is 0.726 bits per heavy atom. The molecule has 0 aliphatic heterocycles. The number of carbonyl (C=O) groups is 11. The van der Waals surface area contributed by atoms with Gasteiger partial charge in [0.15, 0.2) is 0 Å². The molecule has 0 fully saturated rings. The average molecular weight is 1160 g/mol. The maximum atomic E-state index is 11.6. The van der Waals surface area contributed by atoms with Crippen molar-refractivity contribution >= 4 is 93.8 Å². The Kier molecular flexibility index (Phi) is 34.1. The van der Waals surface area contributed by atoms with E-state index in [0.29, 0.717) is 18.5 Å². The molecule has 0 spiro atoms. The molecule has 84 heavy (non-hydrogen) atoms. The van der Waals surface area contributed by atoms with Crippen LogP contribution in [0.15, 0.2) is 103 Å². The van der Waals surface area contributed by atoms with E-state index in [1.54, 1.807) is 18.2 Å². The van der Waals surface area contributed by atoms with Gasteiger partial charge in [0.25, 0.3) is 0 Å². The van der Waals surface area contributed by atoms with Crippen LogP contribution in [0.4, 0.5) is 28.4 Å². The maximum absolute atomic E-state index is 11.6. The number of esters is 1. The van der Waals surface area contributed by atoms with Crippen LogP contribution in [0, 0.1) is 41.5 Å². The summed E-state index contributed by atoms with van der Waals surface area (Å²) < 4.78 is 4.57. The van der Waals surface area contributed by atoms with Crippen molar-refractivity contribution in [3.63, 3.8) is 0 Å². The Bertz CT molecular complexity index is 3030. The molecule has 10 N–H and O–H groups in total. The molecule has 452 valence electrons. The van der Waals surface area contributed by atoms with Crippen LogP contribution < -0.4 is 26.6 Å². The first kappa shape index (κ1) is 72.3. The van der Waals surface area contributed by atoms with E-state index < -0.39 is 41.7 Å². The Morgan fingerprint density at radius 1 is 0.369 bits per heavy atom. The lowest BCUT2D eigenvalue weighted by molar-refractivity contribution is -0.138. The summed E-state index contributed by atoms with van der Waals surface area (Å²) >= 11 is 0. The molecule has 0 saturated carbocycles. The second kappa shape index (κ2) is 39.6. The largest absolute Gasteiger partial charge is 0.481 e. The van der Waals surface area contributed by atoms with Crippen LogP contribution in [0.1, 0.15) is 133 Å². The van der Waals surface area contributed by atoms with E-state index in [1.165, 1.54) is 13.2 Å². The monoisotopic (exact) mass is 1160 g/mol. The number of carboxylic acid groups (broad SMARTS) is 5. The van der Waals surface area contributed by atoms with Crippen molar-refractivity contribution in [1.29, 1.82) is 0 Å². The van der Waals surface area contributed by atoms with Gasteiger partial charge in [-0.1, -0.05) is 73.7 Å². The molecule has 22 nitrogen and oxygen atoms in total. The Morgan fingerprint density at radius 3 is 1.14 bits per heavy atom. The molecule has 0 atom stereocenters. The molecule has 22 heteroatoms. The quantitative estimate of drug-likeness (QED) is 0.0257. The smallest absolute Gasteiger partial charge is 0.339 e. The SMILES string of the molecule is CCc1ccccc1NC(=O)CCC(=O)O.COC(=O)c1ccccc1NC(=O)CCC(=O)O.Cc1ccc(C)c(NC(=O)CCC(=O)O)c1.Cc1ccc(C)c(NC(=O)CCCC(=O)O)c1.Cc1cccc(NC(=O)CCCC(=O)O)c1C. The standard InChI is InChI=1S/2C13H17NO3.C12H13NO5.2C12H15NO3/c1-9-5-3-6-11(10(9)2)14-12(15)7-4-8-13(16)17;1-9-6-7-10(2)11(8-9)14-12(15)4-3-5-13(16)17;1-18-12(17)8-4-2-3-5-9(8)13-10(14)6-7-11(15)16;1-8-3-4-9(2)10(7-8)13-11(14)5-6-12(15)16;1-2-9-5-3-4-6-10(9)13-11(14)7-8-12(15)16/h3,5-6H,4,7-8H2,1-2H3,(H,14,15)(H,16,17);6-8H,3-5H2,1-2H3,(H,14,15)(H,16,17);2-5H,6-7H2,1H3,(H,13,14)(H,15,16);3-4,7H,5-6H2,1-2H3,(H,13,14)(H,15,16);3-6H,2,7-8H2,1H3,(H,13,14)(H,15,16). The predicted molar refractivity (Wildman–Crippen MR) is 318 cm³/mol. The summed E-state index contributed by atoms with van der Waals surface area (Å²) in [6, 6.07) is 31.1. The fraction of sp³-hybridized carbons (Fsp3) is 0.339. The average Bonchev–Trinajstić information content (AvgIpc) is 3.65. The number of hydrogen-bond donors (Lipinski definition) is 10. The second-order valence-electron chi connectivity index (χ2n) is 18.8. The van der Waals surface area contributed by atoms with Gasteiger partial charge in [-0.2, -0.15) is 0 Å². The zero-order chi connectivity index (χ0) is 63.3. The lowest BCUT2D eigenvalue weighted by Gasteiger charge is -2.09. The van der Waals surface area contributed by atoms with Gasteiger partial charge in [0, 0.05) is 67.7 Å². The Labute approximate surface area is 488 Å². The van der Waals surface area contributed by atoms with Gasteiger partial charge < -0.3 is 56.9 Å². The van der Waals surface area contributed by atoms with Crippen LogP contribution in [0.2, 0.25) is 0 Å². The first-order valence-corrected chi connectivity index (χ1v) is 26.7. The minimum Gasteiger partial charge on any atom is -0.481 e. The zero-order valence-corrected chi connectivity index (χ0v) is 48.6. The molecular formula is C62H77N5O17. The van der Waals surface area contributed by atoms with Crippen LogP contribution in [0.3, 0.4) is 0 Å². The molecule has 5 rings (SSSR count). The zero-order valence-electron chi connectivity index (χ0n) is 48.6. The number of ether oxygens (including phenoxy) is 1. The summed E-state index contributed by atoms with van der Waals surface area (Å²) in [5.41, 5.74) is 10.9. The number of para-hydroxylation sites is 2. The van der Waals surface area contributed by atoms with E-state index in [4.69, 9.17) is 25.5 Å². The molecule has 5 amide bonds. The normalized spacial score (nSPS) is 9.86. The molecule has 0 aliphatic carbocycles. The highest BCUT2D eigenvalue weighted by molar-refractivity contribution is 6.02. The topological polar surface area (TPSA) is 358 Å². The molecule has 0 heterocycles. The van der Waals surface area contributed by atoms with Crippen molar-refractivity contribution < 1.29 is 83.0 Å². The number of amides is 5. The molecule has 5 aromatic rings. The van der Waals surface area contributed by atoms with Crippen molar-refractivity contribution in [2.75, 3.05) is 33.7 Å². The van der Waals surface area contributed by atoms with Crippen molar-refractivity contribution in [2.45, 2.75) is 132 Å². The number of rotatable bonds is 24. The number of carbonyl (C=O) groups excluding carboxylic acids is 6. The summed E-state index contributed by atoms with van der Waals surface area (Å²) in [7, 11) is 1.24. The van der Waals surface area contributed by atoms with Crippen molar-refractivity contribution in [3.05, 3.63) is 148 Å². The maximum Gasteiger partial charge on any atom is 0.339 e.